The van der Waals surface area contributed by atoms with Crippen molar-refractivity contribution in [1.82, 2.24) is 5.32 Å². The first-order chi connectivity index (χ1) is 11.8. The third kappa shape index (κ3) is 5.73. The van der Waals surface area contributed by atoms with E-state index in [0.717, 1.165) is 11.3 Å². The van der Waals surface area contributed by atoms with Gasteiger partial charge in [0.25, 0.3) is 0 Å². The Bertz CT molecular complexity index is 712. The van der Waals surface area contributed by atoms with Gasteiger partial charge in [0.1, 0.15) is 11.6 Å². The molecule has 2 N–H and O–H groups in total. The summed E-state index contributed by atoms with van der Waals surface area (Å²) in [6, 6.07) is 11.6. The highest BCUT2D eigenvalue weighted by molar-refractivity contribution is 6.31. The van der Waals surface area contributed by atoms with Crippen LogP contribution in [0.5, 0.6) is 5.75 Å². The number of nitrogens with one attached hydrogen (secondary N) is 1. The first kappa shape index (κ1) is 19.2. The molecule has 0 aliphatic heterocycles. The molecule has 134 valence electrons. The number of carbonyl (C=O) groups is 1. The second-order valence-electron chi connectivity index (χ2n) is 6.18. The zero-order valence-corrected chi connectivity index (χ0v) is 14.9. The Labute approximate surface area is 151 Å². The maximum absolute atomic E-state index is 13.7. The summed E-state index contributed by atoms with van der Waals surface area (Å²) >= 11 is 5.92. The number of rotatable bonds is 7. The fourth-order valence-corrected chi connectivity index (χ4v) is 2.69. The van der Waals surface area contributed by atoms with E-state index < -0.39 is 17.3 Å². The molecule has 1 atom stereocenters. The van der Waals surface area contributed by atoms with Crippen LogP contribution < -0.4 is 10.1 Å². The molecule has 1 amide bonds. The lowest BCUT2D eigenvalue weighted by atomic mass is 9.96. The Morgan fingerprint density at radius 1 is 1.28 bits per heavy atom. The number of benzene rings is 2. The van der Waals surface area contributed by atoms with Crippen molar-refractivity contribution in [2.45, 2.75) is 25.4 Å². The van der Waals surface area contributed by atoms with E-state index in [1.807, 2.05) is 24.3 Å². The van der Waals surface area contributed by atoms with Crippen LogP contribution in [0.2, 0.25) is 5.02 Å². The van der Waals surface area contributed by atoms with Crippen molar-refractivity contribution < 1.29 is 19.0 Å². The van der Waals surface area contributed by atoms with Gasteiger partial charge in [-0.1, -0.05) is 29.8 Å². The maximum Gasteiger partial charge on any atom is 0.224 e. The van der Waals surface area contributed by atoms with E-state index in [9.17, 15) is 14.3 Å². The molecule has 0 aromatic heterocycles. The quantitative estimate of drug-likeness (QED) is 0.792. The van der Waals surface area contributed by atoms with Crippen LogP contribution in [0.4, 0.5) is 4.39 Å². The first-order valence-corrected chi connectivity index (χ1v) is 8.23. The lowest BCUT2D eigenvalue weighted by Crippen LogP contribution is -2.42. The molecule has 0 spiro atoms. The van der Waals surface area contributed by atoms with Crippen molar-refractivity contribution in [2.24, 2.45) is 0 Å². The van der Waals surface area contributed by atoms with E-state index in [-0.39, 0.29) is 23.6 Å². The lowest BCUT2D eigenvalue weighted by Gasteiger charge is -2.24. The Balaban J connectivity index is 1.90. The minimum atomic E-state index is -1.14. The summed E-state index contributed by atoms with van der Waals surface area (Å²) in [4.78, 5) is 12.0. The summed E-state index contributed by atoms with van der Waals surface area (Å²) in [6.07, 6.45) is 0.182. The Morgan fingerprint density at radius 3 is 2.56 bits per heavy atom. The minimum absolute atomic E-state index is 0.0456. The van der Waals surface area contributed by atoms with Crippen LogP contribution in [-0.4, -0.2) is 30.3 Å². The van der Waals surface area contributed by atoms with Crippen LogP contribution in [0.25, 0.3) is 0 Å². The predicted octanol–water partition coefficient (Wildman–Crippen LogP) is 3.14. The van der Waals surface area contributed by atoms with Gasteiger partial charge in [0.05, 0.1) is 19.1 Å². The normalized spacial score (nSPS) is 13.2. The van der Waals surface area contributed by atoms with Gasteiger partial charge in [-0.2, -0.15) is 0 Å². The van der Waals surface area contributed by atoms with E-state index in [2.05, 4.69) is 5.32 Å². The third-order valence-electron chi connectivity index (χ3n) is 3.81. The Hall–Kier alpha value is -2.11. The second kappa shape index (κ2) is 8.32. The standard InChI is InChI=1S/C19H21ClFNO3/c1-19(24,11-13-6-8-14(25-2)9-7-13)12-22-18(23)10-15-16(20)4-3-5-17(15)21/h3-9,24H,10-12H2,1-2H3,(H,22,23). The molecule has 0 aliphatic rings. The highest BCUT2D eigenvalue weighted by atomic mass is 35.5. The molecule has 2 rings (SSSR count). The van der Waals surface area contributed by atoms with Crippen molar-refractivity contribution in [2.75, 3.05) is 13.7 Å². The van der Waals surface area contributed by atoms with Gasteiger partial charge in [-0.25, -0.2) is 4.39 Å². The van der Waals surface area contributed by atoms with E-state index in [1.54, 1.807) is 14.0 Å². The number of ether oxygens (including phenoxy) is 1. The summed E-state index contributed by atoms with van der Waals surface area (Å²) in [6.45, 7) is 1.68. The van der Waals surface area contributed by atoms with Crippen LogP contribution >= 0.6 is 11.6 Å². The van der Waals surface area contributed by atoms with Gasteiger partial charge in [0.2, 0.25) is 5.91 Å². The third-order valence-corrected chi connectivity index (χ3v) is 4.16. The molecule has 4 nitrogen and oxygen atoms in total. The van der Waals surface area contributed by atoms with Crippen molar-refractivity contribution in [3.8, 4) is 5.75 Å². The van der Waals surface area contributed by atoms with Gasteiger partial charge in [0, 0.05) is 23.6 Å². The summed E-state index contributed by atoms with van der Waals surface area (Å²) in [7, 11) is 1.59. The average Bonchev–Trinajstić information content (AvgIpc) is 2.57. The van der Waals surface area contributed by atoms with Crippen molar-refractivity contribution in [3.05, 3.63) is 64.4 Å². The number of methoxy groups -OCH3 is 1. The smallest absolute Gasteiger partial charge is 0.224 e. The Kier molecular flexibility index (Phi) is 6.39. The van der Waals surface area contributed by atoms with Crippen molar-refractivity contribution in [3.63, 3.8) is 0 Å². The molecule has 2 aromatic carbocycles. The lowest BCUT2D eigenvalue weighted by molar-refractivity contribution is -0.121. The summed E-state index contributed by atoms with van der Waals surface area (Å²) < 4.78 is 18.8. The van der Waals surface area contributed by atoms with Crippen LogP contribution in [0.1, 0.15) is 18.1 Å². The Morgan fingerprint density at radius 2 is 1.96 bits per heavy atom. The van der Waals surface area contributed by atoms with Gasteiger partial charge >= 0.3 is 0 Å². The number of hydrogen-bond acceptors (Lipinski definition) is 3. The topological polar surface area (TPSA) is 58.6 Å². The van der Waals surface area contributed by atoms with E-state index in [0.29, 0.717) is 6.42 Å². The molecule has 0 aliphatic carbocycles. The number of halogens is 2. The molecule has 0 fully saturated rings. The van der Waals surface area contributed by atoms with E-state index >= 15 is 0 Å². The second-order valence-corrected chi connectivity index (χ2v) is 6.58. The van der Waals surface area contributed by atoms with E-state index in [1.165, 1.54) is 18.2 Å². The average molecular weight is 366 g/mol. The van der Waals surface area contributed by atoms with Gasteiger partial charge in [0.15, 0.2) is 0 Å². The van der Waals surface area contributed by atoms with Crippen LogP contribution in [0.15, 0.2) is 42.5 Å². The minimum Gasteiger partial charge on any atom is -0.497 e. The highest BCUT2D eigenvalue weighted by Gasteiger charge is 2.22. The first-order valence-electron chi connectivity index (χ1n) is 7.85. The SMILES string of the molecule is COc1ccc(CC(C)(O)CNC(=O)Cc2c(F)cccc2Cl)cc1. The molecule has 25 heavy (non-hydrogen) atoms. The molecule has 0 heterocycles. The van der Waals surface area contributed by atoms with Crippen LogP contribution in [-0.2, 0) is 17.6 Å². The summed E-state index contributed by atoms with van der Waals surface area (Å²) in [5.41, 5.74) is -0.0721. The van der Waals surface area contributed by atoms with Crippen molar-refractivity contribution >= 4 is 17.5 Å². The molecular weight excluding hydrogens is 345 g/mol. The summed E-state index contributed by atoms with van der Waals surface area (Å²) in [5, 5.41) is 13.3. The van der Waals surface area contributed by atoms with Gasteiger partial charge in [-0.3, -0.25) is 4.79 Å². The molecule has 0 saturated carbocycles. The fourth-order valence-electron chi connectivity index (χ4n) is 2.46. The molecule has 0 saturated heterocycles. The zero-order chi connectivity index (χ0) is 18.4. The van der Waals surface area contributed by atoms with Gasteiger partial charge in [-0.15, -0.1) is 0 Å². The van der Waals surface area contributed by atoms with Gasteiger partial charge in [-0.05, 0) is 36.8 Å². The maximum atomic E-state index is 13.7. The molecular formula is C19H21ClFNO3. The molecule has 6 heteroatoms. The van der Waals surface area contributed by atoms with E-state index in [4.69, 9.17) is 16.3 Å². The highest BCUT2D eigenvalue weighted by Crippen LogP contribution is 2.20. The summed E-state index contributed by atoms with van der Waals surface area (Å²) in [5.74, 6) is -0.187. The number of amides is 1. The van der Waals surface area contributed by atoms with Gasteiger partial charge < -0.3 is 15.2 Å². The van der Waals surface area contributed by atoms with Crippen molar-refractivity contribution in [1.29, 1.82) is 0 Å². The zero-order valence-electron chi connectivity index (χ0n) is 14.2. The van der Waals surface area contributed by atoms with Crippen LogP contribution in [0.3, 0.4) is 0 Å². The molecule has 2 aromatic rings. The number of carbonyl (C=O) groups excluding carboxylic acids is 1. The number of hydrogen-bond donors (Lipinski definition) is 2. The number of aliphatic hydroxyl groups is 1. The molecule has 1 unspecified atom stereocenters. The largest absolute Gasteiger partial charge is 0.497 e. The molecule has 0 bridgehead atoms. The molecule has 0 radical (unpaired) electrons. The predicted molar refractivity (Wildman–Crippen MR) is 95.4 cm³/mol. The van der Waals surface area contributed by atoms with Crippen LogP contribution in [0, 0.1) is 5.82 Å². The fraction of sp³-hybridized carbons (Fsp3) is 0.316. The monoisotopic (exact) mass is 365 g/mol.